The molecule has 3 aromatic carbocycles. The van der Waals surface area contributed by atoms with Gasteiger partial charge in [-0.05, 0) is 154 Å². The van der Waals surface area contributed by atoms with E-state index in [-0.39, 0.29) is 79.5 Å². The van der Waals surface area contributed by atoms with Gasteiger partial charge < -0.3 is 45.5 Å². The Hall–Kier alpha value is -6.65. The zero-order chi connectivity index (χ0) is 74.4. The number of hydrogen-bond donors (Lipinski definition) is 8. The van der Waals surface area contributed by atoms with E-state index in [9.17, 15) is 46.5 Å². The van der Waals surface area contributed by atoms with Gasteiger partial charge in [0.05, 0.1) is 56.7 Å². The van der Waals surface area contributed by atoms with Crippen molar-refractivity contribution in [3.8, 4) is 0 Å². The molecule has 0 spiro atoms. The Morgan fingerprint density at radius 1 is 0.500 bits per heavy atom. The van der Waals surface area contributed by atoms with Crippen molar-refractivity contribution in [3.63, 3.8) is 0 Å². The van der Waals surface area contributed by atoms with Crippen molar-refractivity contribution in [2.75, 3.05) is 57.1 Å². The van der Waals surface area contributed by atoms with E-state index in [2.05, 4.69) is 109 Å². The maximum Gasteiger partial charge on any atom is 0.333 e. The molecular weight excluding hydrogens is 1630 g/mol. The van der Waals surface area contributed by atoms with Gasteiger partial charge in [0.2, 0.25) is 17.3 Å². The Kier molecular flexibility index (Phi) is 28.2. The minimum atomic E-state index is -4.09. The molecule has 3 aliphatic rings. The molecule has 26 nitrogen and oxygen atoms in total. The average Bonchev–Trinajstić information content (AvgIpc) is 1.65. The second-order valence-corrected chi connectivity index (χ2v) is 33.1. The molecule has 10 N–H and O–H groups in total. The van der Waals surface area contributed by atoms with Crippen LogP contribution in [0.4, 0.5) is 17.5 Å². The molecule has 9 aromatic rings. The third-order valence-corrected chi connectivity index (χ3v) is 23.2. The van der Waals surface area contributed by atoms with Crippen LogP contribution in [-0.2, 0) is 43.2 Å². The summed E-state index contributed by atoms with van der Waals surface area (Å²) < 4.78 is 73.6. The van der Waals surface area contributed by atoms with E-state index in [1.807, 2.05) is 95.0 Å². The van der Waals surface area contributed by atoms with Gasteiger partial charge in [-0.25, -0.2) is 40.2 Å². The molecule has 12 rings (SSSR count). The van der Waals surface area contributed by atoms with E-state index in [0.717, 1.165) is 59.6 Å². The van der Waals surface area contributed by atoms with Crippen molar-refractivity contribution in [2.24, 2.45) is 33.9 Å². The Morgan fingerprint density at radius 3 is 1.11 bits per heavy atom. The minimum absolute atomic E-state index is 0.113. The van der Waals surface area contributed by atoms with Gasteiger partial charge in [0.1, 0.15) is 54.7 Å². The number of anilines is 3. The quantitative estimate of drug-likeness (QED) is 0.0211. The third kappa shape index (κ3) is 21.4. The van der Waals surface area contributed by atoms with Gasteiger partial charge in [0.15, 0.2) is 0 Å². The summed E-state index contributed by atoms with van der Waals surface area (Å²) >= 11 is 14.5. The number of ether oxygens (including phenoxy) is 3. The summed E-state index contributed by atoms with van der Waals surface area (Å²) in [4.78, 5) is 66.7. The zero-order valence-electron chi connectivity index (χ0n) is 56.4. The van der Waals surface area contributed by atoms with Crippen molar-refractivity contribution < 1.29 is 69.1 Å². The number of halogens is 3. The van der Waals surface area contributed by atoms with Crippen molar-refractivity contribution in [3.05, 3.63) is 223 Å². The summed E-state index contributed by atoms with van der Waals surface area (Å²) in [6.45, 7) is 1.90. The fraction of sp³-hybridized carbons (Fsp3) is 0.357. The van der Waals surface area contributed by atoms with Crippen molar-refractivity contribution >= 4 is 137 Å². The van der Waals surface area contributed by atoms with Gasteiger partial charge in [-0.1, -0.05) is 91.1 Å². The molecule has 3 fully saturated rings. The molecule has 552 valence electrons. The molecule has 104 heavy (non-hydrogen) atoms. The average molecular weight is 1710 g/mol. The van der Waals surface area contributed by atoms with Gasteiger partial charge >= 0.3 is 20.6 Å². The van der Waals surface area contributed by atoms with Gasteiger partial charge in [-0.2, -0.15) is 16.8 Å². The first-order chi connectivity index (χ1) is 49.8. The molecule has 0 saturated heterocycles. The molecule has 0 radical (unpaired) electrons. The van der Waals surface area contributed by atoms with E-state index in [1.54, 1.807) is 39.7 Å². The van der Waals surface area contributed by atoms with E-state index in [4.69, 9.17) is 24.5 Å². The molecular formula is C70H76Br3N11O15S5. The number of benzene rings is 3. The lowest BCUT2D eigenvalue weighted by molar-refractivity contribution is 0.100. The van der Waals surface area contributed by atoms with Gasteiger partial charge in [0.25, 0.3) is 0 Å². The van der Waals surface area contributed by atoms with Crippen LogP contribution in [0.2, 0.25) is 0 Å². The Balaban J connectivity index is 0.000000168. The zero-order valence-corrected chi connectivity index (χ0v) is 65.2. The molecule has 34 heteroatoms. The first kappa shape index (κ1) is 79.9. The third-order valence-electron chi connectivity index (χ3n) is 18.0. The number of rotatable bonds is 28. The molecule has 0 amide bonds. The number of hydrogen-bond acceptors (Lipinski definition) is 27. The highest BCUT2D eigenvalue weighted by molar-refractivity contribution is 9.11. The molecule has 6 heterocycles. The van der Waals surface area contributed by atoms with Crippen LogP contribution in [0.1, 0.15) is 143 Å². The smallest absolute Gasteiger partial charge is 0.333 e. The largest absolute Gasteiger partial charge is 0.396 e. The number of nitrogens with two attached hydrogens (primary N) is 2. The monoisotopic (exact) mass is 1710 g/mol. The summed E-state index contributed by atoms with van der Waals surface area (Å²) in [6, 6.07) is 28.7. The predicted octanol–water partition coefficient (Wildman–Crippen LogP) is 11.2. The number of carbonyl (C=O) groups is 3. The Labute approximate surface area is 639 Å². The number of thiophene rings is 3. The van der Waals surface area contributed by atoms with Crippen LogP contribution in [0.25, 0.3) is 0 Å². The highest BCUT2D eigenvalue weighted by atomic mass is 79.9. The number of carbonyl (C=O) groups excluding carboxylic acids is 3. The first-order valence-electron chi connectivity index (χ1n) is 32.5. The summed E-state index contributed by atoms with van der Waals surface area (Å²) in [7, 11) is -3.28. The fourth-order valence-electron chi connectivity index (χ4n) is 12.9. The summed E-state index contributed by atoms with van der Waals surface area (Å²) in [5, 5.41) is 55.5. The lowest BCUT2D eigenvalue weighted by Crippen LogP contribution is -2.24. The van der Waals surface area contributed by atoms with E-state index < -0.39 is 44.7 Å². The molecule has 3 saturated carbocycles. The molecule has 3 unspecified atom stereocenters. The van der Waals surface area contributed by atoms with Crippen LogP contribution in [0, 0.1) is 23.7 Å². The number of aliphatic hydroxyl groups excluding tert-OH is 3. The van der Waals surface area contributed by atoms with Gasteiger partial charge in [-0.15, -0.1) is 34.0 Å². The predicted molar refractivity (Wildman–Crippen MR) is 405 cm³/mol. The van der Waals surface area contributed by atoms with Crippen LogP contribution in [0.15, 0.2) is 158 Å². The molecule has 6 aromatic heterocycles. The van der Waals surface area contributed by atoms with Crippen LogP contribution in [-0.4, -0.2) is 151 Å². The van der Waals surface area contributed by atoms with Crippen LogP contribution in [0.5, 0.6) is 0 Å². The van der Waals surface area contributed by atoms with Gasteiger partial charge in [-0.3, -0.25) is 22.7 Å². The first-order valence-corrected chi connectivity index (χ1v) is 40.5. The number of ketones is 3. The fourth-order valence-corrected chi connectivity index (χ4v) is 17.5. The number of aliphatic hydroxyl groups is 3. The van der Waals surface area contributed by atoms with Crippen molar-refractivity contribution in [1.82, 2.24) is 29.9 Å². The minimum Gasteiger partial charge on any atom is -0.396 e. The normalized spacial score (nSPS) is 21.0. The summed E-state index contributed by atoms with van der Waals surface area (Å²) in [5.41, 5.74) is 6.60. The molecule has 12 atom stereocenters. The second kappa shape index (κ2) is 36.8. The second-order valence-electron chi connectivity index (χ2n) is 25.2. The Morgan fingerprint density at radius 2 is 0.817 bits per heavy atom. The van der Waals surface area contributed by atoms with Crippen LogP contribution in [0.3, 0.4) is 0 Å². The number of nitrogens with zero attached hydrogens (tertiary/aromatic N) is 6. The topological polar surface area (TPSA) is 392 Å². The SMILES string of the molecule is COC(c1cccc(Br)c1)c1csc(C(=O)c2cncnc2N[C@@H]2C[C@H](CO)[C@@H](C)C2)c1.COC(c1cccc(Br)c1)c1csc(C(=O)c2cncnc2N[C@@H]2C[C@H](COS(N)(=O)=O)[C@@H](O)C2)c1.COC(c1cccc(Br)c1)c1csc(C(=O)c2cncnc2N[C@@H]2C[C@H](COS(N)(=O)=O)[C@@H](O)C2)c1. The molecule has 0 bridgehead atoms. The highest BCUT2D eigenvalue weighted by Gasteiger charge is 2.38. The van der Waals surface area contributed by atoms with E-state index in [1.165, 1.54) is 65.4 Å². The maximum absolute atomic E-state index is 13.4. The van der Waals surface area contributed by atoms with Gasteiger partial charge in [0, 0.05) is 89.9 Å². The lowest BCUT2D eigenvalue weighted by atomic mass is 10.00. The van der Waals surface area contributed by atoms with Crippen molar-refractivity contribution in [1.29, 1.82) is 0 Å². The molecule has 3 aliphatic carbocycles. The Bertz CT molecular complexity index is 4470. The van der Waals surface area contributed by atoms with Crippen LogP contribution < -0.4 is 26.2 Å². The van der Waals surface area contributed by atoms with Crippen LogP contribution >= 0.6 is 81.8 Å². The maximum atomic E-state index is 13.4. The number of methoxy groups -OCH3 is 3. The molecule has 0 aliphatic heterocycles. The standard InChI is InChI=1S/C24H26BrN3O3S.2C23H25BrN4O6S2/c1-14-6-19(8-16(14)11-29)28-24-20(10-26-13-27-24)22(30)21-9-17(12-32-21)23(31-2)15-4-3-5-18(25)7-15;2*1-33-22(13-3-2-4-16(24)5-13)15-7-20(35-11-15)21(30)18-9-26-12-27-23(18)28-17-6-14(19(29)8-17)10-34-36(25,31)32/h3-5,7,9-10,12-14,16,19,23,29H,6,8,11H2,1-2H3,(H,26,27,28);2*2-5,7,9,11-12,14,17,19,22,29H,6,8,10H2,1H3,(H2,25,31,32)(H,26,27,28)/t14-,16+,19-,23?;2*14-,17-,19+,22?/m011/s1. The highest BCUT2D eigenvalue weighted by Crippen LogP contribution is 2.39. The van der Waals surface area contributed by atoms with E-state index in [0.29, 0.717) is 80.4 Å². The summed E-state index contributed by atoms with van der Waals surface area (Å²) in [6.07, 6.45) is 9.41. The summed E-state index contributed by atoms with van der Waals surface area (Å²) in [5.74, 6) is 0.480. The number of nitrogens with one attached hydrogen (secondary N) is 3. The number of aromatic nitrogens is 6. The van der Waals surface area contributed by atoms with Crippen molar-refractivity contribution in [2.45, 2.75) is 94.1 Å². The lowest BCUT2D eigenvalue weighted by Gasteiger charge is -2.16. The van der Waals surface area contributed by atoms with E-state index >= 15 is 0 Å².